The molecular formula is C55H59BrN16O5. The Morgan fingerprint density at radius 1 is 0.532 bits per heavy atom. The number of benzene rings is 1. The van der Waals surface area contributed by atoms with E-state index in [2.05, 4.69) is 91.9 Å². The third kappa shape index (κ3) is 12.4. The molecule has 3 aliphatic heterocycles. The molecule has 21 nitrogen and oxygen atoms in total. The minimum atomic E-state index is -0.653. The average Bonchev–Trinajstić information content (AvgIpc) is 4.31. The number of carbonyl (C=O) groups excluding carboxylic acids is 4. The van der Waals surface area contributed by atoms with Crippen molar-refractivity contribution in [2.75, 3.05) is 54.0 Å². The lowest BCUT2D eigenvalue weighted by atomic mass is 10.2. The standard InChI is InChI=1S/C18H17BrN4O.C18H20N6O2.C18H18N6O2.CH4/c19-14-5-3-13(4-6-14)18(24)21-15-7-10-23(12-15)17-16-2-1-9-22(16)11-8-20-17;2*1-12(25)13-9-20-16(21-10-13)18(26)22-14-4-7-24(11-14)17-15-3-2-6-23(15)8-5-19-17;/h1-6,8-9,11,15H,7,10,12H2,(H,21,24);2-3,5-6,8-10,12,14,25H,4,7,11H2,1H3,(H,22,26);2-3,5-6,8-10,14H,4,7,11H2,1H3,(H,22,26);1H4/t15-;12?,14-;14-;/m000./s1. The first-order valence-corrected chi connectivity index (χ1v) is 25.7. The summed E-state index contributed by atoms with van der Waals surface area (Å²) in [4.78, 5) is 84.5. The maximum absolute atomic E-state index is 12.4. The molecular weight excluding hydrogens is 1040 g/mol. The van der Waals surface area contributed by atoms with Gasteiger partial charge in [0.2, 0.25) is 11.6 Å². The maximum Gasteiger partial charge on any atom is 0.289 e. The number of fused-ring (bicyclic) bond motifs is 3. The van der Waals surface area contributed by atoms with Gasteiger partial charge in [-0.25, -0.2) is 34.9 Å². The molecule has 396 valence electrons. The number of aliphatic hydroxyl groups excluding tert-OH is 1. The van der Waals surface area contributed by atoms with Crippen molar-refractivity contribution in [3.63, 3.8) is 0 Å². The molecule has 3 fully saturated rings. The fraction of sp³-hybridized carbons (Fsp3) is 0.291. The van der Waals surface area contributed by atoms with Crippen LogP contribution in [0.1, 0.15) is 94.2 Å². The summed E-state index contributed by atoms with van der Waals surface area (Å²) in [5.41, 5.74) is 4.85. The van der Waals surface area contributed by atoms with E-state index in [9.17, 15) is 24.3 Å². The number of aromatic nitrogens is 10. The summed E-state index contributed by atoms with van der Waals surface area (Å²) in [5.74, 6) is 2.20. The zero-order valence-electron chi connectivity index (χ0n) is 41.7. The van der Waals surface area contributed by atoms with Crippen LogP contribution < -0.4 is 30.7 Å². The Morgan fingerprint density at radius 3 is 1.29 bits per heavy atom. The van der Waals surface area contributed by atoms with Crippen LogP contribution in [0, 0.1) is 0 Å². The molecule has 3 aliphatic rings. The summed E-state index contributed by atoms with van der Waals surface area (Å²) in [5, 5.41) is 18.6. The summed E-state index contributed by atoms with van der Waals surface area (Å²) in [6, 6.07) is 19.7. The van der Waals surface area contributed by atoms with Gasteiger partial charge in [-0.1, -0.05) is 23.4 Å². The Kier molecular flexibility index (Phi) is 16.5. The number of amides is 3. The van der Waals surface area contributed by atoms with E-state index in [-0.39, 0.29) is 60.7 Å². The predicted molar refractivity (Wildman–Crippen MR) is 295 cm³/mol. The van der Waals surface area contributed by atoms with Gasteiger partial charge in [-0.3, -0.25) is 19.2 Å². The number of nitrogens with zero attached hydrogens (tertiary/aromatic N) is 13. The number of nitrogens with one attached hydrogen (secondary N) is 3. The van der Waals surface area contributed by atoms with Crippen molar-refractivity contribution in [2.24, 2.45) is 0 Å². The molecule has 1 aromatic carbocycles. The van der Waals surface area contributed by atoms with Crippen LogP contribution in [-0.2, 0) is 0 Å². The molecule has 3 saturated heterocycles. The van der Waals surface area contributed by atoms with Gasteiger partial charge in [-0.15, -0.1) is 0 Å². The molecule has 22 heteroatoms. The van der Waals surface area contributed by atoms with E-state index in [1.165, 1.54) is 31.7 Å². The third-order valence-corrected chi connectivity index (χ3v) is 14.0. The molecule has 0 spiro atoms. The summed E-state index contributed by atoms with van der Waals surface area (Å²) in [7, 11) is 0. The number of ketones is 1. The second-order valence-corrected chi connectivity index (χ2v) is 19.7. The van der Waals surface area contributed by atoms with Gasteiger partial charge < -0.3 is 49.0 Å². The van der Waals surface area contributed by atoms with Crippen LogP contribution >= 0.6 is 15.9 Å². The quantitative estimate of drug-likeness (QED) is 0.105. The second-order valence-electron chi connectivity index (χ2n) is 18.7. The highest BCUT2D eigenvalue weighted by Gasteiger charge is 2.30. The molecule has 3 amide bonds. The third-order valence-electron chi connectivity index (χ3n) is 13.5. The van der Waals surface area contributed by atoms with E-state index in [1.54, 1.807) is 19.3 Å². The first-order valence-electron chi connectivity index (χ1n) is 24.9. The highest BCUT2D eigenvalue weighted by Crippen LogP contribution is 2.26. The number of rotatable bonds is 11. The van der Waals surface area contributed by atoms with E-state index < -0.39 is 6.10 Å². The average molecular weight is 1100 g/mol. The van der Waals surface area contributed by atoms with Crippen molar-refractivity contribution in [1.82, 2.24) is 64.0 Å². The van der Waals surface area contributed by atoms with Gasteiger partial charge in [-0.05, 0) is 93.8 Å². The lowest BCUT2D eigenvalue weighted by Gasteiger charge is -2.19. The zero-order valence-corrected chi connectivity index (χ0v) is 43.3. The zero-order chi connectivity index (χ0) is 52.7. The number of aliphatic hydroxyl groups is 1. The van der Waals surface area contributed by atoms with E-state index in [1.807, 2.05) is 107 Å². The molecule has 0 radical (unpaired) electrons. The van der Waals surface area contributed by atoms with Crippen molar-refractivity contribution < 1.29 is 24.3 Å². The number of hydrogen-bond acceptors (Lipinski definition) is 15. The number of carbonyl (C=O) groups is 4. The Hall–Kier alpha value is -8.63. The summed E-state index contributed by atoms with van der Waals surface area (Å²) in [6.45, 7) is 7.74. The van der Waals surface area contributed by atoms with Crippen molar-refractivity contribution >= 4 is 73.4 Å². The largest absolute Gasteiger partial charge is 0.389 e. The number of anilines is 3. The summed E-state index contributed by atoms with van der Waals surface area (Å²) >= 11 is 3.39. The molecule has 0 saturated carbocycles. The van der Waals surface area contributed by atoms with Gasteiger partial charge in [0.1, 0.15) is 0 Å². The number of Topliss-reactive ketones (excluding diaryl/α,β-unsaturated/α-hetero) is 1. The Balaban J connectivity index is 0.000000140. The van der Waals surface area contributed by atoms with Crippen LogP contribution in [0.4, 0.5) is 17.5 Å². The van der Waals surface area contributed by atoms with Crippen molar-refractivity contribution in [3.05, 3.63) is 174 Å². The minimum Gasteiger partial charge on any atom is -0.389 e. The smallest absolute Gasteiger partial charge is 0.289 e. The van der Waals surface area contributed by atoms with Crippen LogP contribution in [-0.4, -0.2) is 134 Å². The van der Waals surface area contributed by atoms with Gasteiger partial charge in [0.05, 0.1) is 28.2 Å². The van der Waals surface area contributed by atoms with Gasteiger partial charge in [-0.2, -0.15) is 0 Å². The normalized spacial score (nSPS) is 17.2. The van der Waals surface area contributed by atoms with Crippen LogP contribution in [0.25, 0.3) is 16.6 Å². The molecule has 8 aromatic heterocycles. The minimum absolute atomic E-state index is 0. The van der Waals surface area contributed by atoms with Crippen LogP contribution in [0.5, 0.6) is 0 Å². The van der Waals surface area contributed by atoms with Crippen molar-refractivity contribution in [3.8, 4) is 0 Å². The fourth-order valence-corrected chi connectivity index (χ4v) is 9.74. The van der Waals surface area contributed by atoms with E-state index >= 15 is 0 Å². The molecule has 11 heterocycles. The van der Waals surface area contributed by atoms with Crippen molar-refractivity contribution in [1.29, 1.82) is 0 Å². The van der Waals surface area contributed by atoms with Crippen LogP contribution in [0.3, 0.4) is 0 Å². The Bertz CT molecular complexity index is 3490. The molecule has 77 heavy (non-hydrogen) atoms. The Morgan fingerprint density at radius 2 is 0.909 bits per heavy atom. The lowest BCUT2D eigenvalue weighted by Crippen LogP contribution is -2.38. The van der Waals surface area contributed by atoms with Gasteiger partial charge in [0, 0.05) is 154 Å². The second kappa shape index (κ2) is 23.9. The van der Waals surface area contributed by atoms with Gasteiger partial charge >= 0.3 is 0 Å². The molecule has 4 atom stereocenters. The van der Waals surface area contributed by atoms with E-state index in [0.717, 1.165) is 83.9 Å². The van der Waals surface area contributed by atoms with E-state index in [4.69, 9.17) is 0 Å². The lowest BCUT2D eigenvalue weighted by molar-refractivity contribution is 0.0921. The predicted octanol–water partition coefficient (Wildman–Crippen LogP) is 6.26. The first-order chi connectivity index (χ1) is 36.9. The van der Waals surface area contributed by atoms with Gasteiger partial charge in [0.15, 0.2) is 23.2 Å². The highest BCUT2D eigenvalue weighted by molar-refractivity contribution is 9.10. The first kappa shape index (κ1) is 53.2. The SMILES string of the molecule is C.CC(=O)c1cnc(C(=O)N[C@H]2CCN(c3nccn4cccc34)C2)nc1.CC(O)c1cnc(C(=O)N[C@H]2CCN(c3nccn4cccc34)C2)nc1.O=C(N[C@H]1CCN(c2nccn3cccc23)C1)c1ccc(Br)cc1. The van der Waals surface area contributed by atoms with Gasteiger partial charge in [0.25, 0.3) is 17.7 Å². The van der Waals surface area contributed by atoms with Crippen LogP contribution in [0.2, 0.25) is 0 Å². The molecule has 1 unspecified atom stereocenters. The van der Waals surface area contributed by atoms with Crippen LogP contribution in [0.15, 0.2) is 146 Å². The topological polar surface area (TPSA) is 238 Å². The molecule has 9 aromatic rings. The maximum atomic E-state index is 12.4. The number of hydrogen-bond donors (Lipinski definition) is 4. The molecule has 4 N–H and O–H groups in total. The molecule has 12 rings (SSSR count). The van der Waals surface area contributed by atoms with E-state index in [0.29, 0.717) is 29.8 Å². The summed E-state index contributed by atoms with van der Waals surface area (Å²) < 4.78 is 7.10. The monoisotopic (exact) mass is 1100 g/mol. The summed E-state index contributed by atoms with van der Waals surface area (Å²) in [6.07, 6.45) is 24.8. The number of halogens is 1. The molecule has 0 aliphatic carbocycles. The highest BCUT2D eigenvalue weighted by atomic mass is 79.9. The fourth-order valence-electron chi connectivity index (χ4n) is 9.48. The van der Waals surface area contributed by atoms with Crippen molar-refractivity contribution in [2.45, 2.75) is 64.8 Å². The Labute approximate surface area is 452 Å². The molecule has 0 bridgehead atoms.